The Kier molecular flexibility index (Phi) is 3.29. The molecule has 0 fully saturated rings. The lowest BCUT2D eigenvalue weighted by Gasteiger charge is -2.08. The molecule has 0 amide bonds. The van der Waals surface area contributed by atoms with Crippen LogP contribution in [0, 0.1) is 18.6 Å². The highest BCUT2D eigenvalue weighted by Crippen LogP contribution is 2.29. The number of aliphatic hydroxyl groups excluding tert-OH is 1. The van der Waals surface area contributed by atoms with E-state index in [1.165, 1.54) is 10.7 Å². The highest BCUT2D eigenvalue weighted by molar-refractivity contribution is 5.35. The number of nitrogens with zero attached hydrogens (tertiary/aromatic N) is 2. The highest BCUT2D eigenvalue weighted by atomic mass is 19.1. The molecule has 0 aliphatic carbocycles. The van der Waals surface area contributed by atoms with Crippen LogP contribution in [0.1, 0.15) is 11.3 Å². The van der Waals surface area contributed by atoms with E-state index in [4.69, 9.17) is 4.74 Å². The lowest BCUT2D eigenvalue weighted by molar-refractivity contribution is 0.273. The Balaban J connectivity index is 2.39. The van der Waals surface area contributed by atoms with E-state index in [1.807, 2.05) is 0 Å². The third-order valence-electron chi connectivity index (χ3n) is 2.55. The second-order valence-electron chi connectivity index (χ2n) is 3.83. The minimum absolute atomic E-state index is 0.117. The van der Waals surface area contributed by atoms with E-state index in [9.17, 15) is 13.9 Å². The number of aromatic nitrogens is 2. The summed E-state index contributed by atoms with van der Waals surface area (Å²) in [6, 6.07) is 3.02. The average molecular weight is 254 g/mol. The molecule has 2 aromatic rings. The molecule has 2 rings (SSSR count). The number of hydrogen-bond donors (Lipinski definition) is 1. The van der Waals surface area contributed by atoms with Crippen molar-refractivity contribution in [2.24, 2.45) is 7.05 Å². The zero-order valence-corrected chi connectivity index (χ0v) is 9.94. The van der Waals surface area contributed by atoms with Crippen molar-refractivity contribution in [1.29, 1.82) is 0 Å². The monoisotopic (exact) mass is 254 g/mol. The van der Waals surface area contributed by atoms with Gasteiger partial charge in [0.1, 0.15) is 5.82 Å². The van der Waals surface area contributed by atoms with Gasteiger partial charge in [-0.05, 0) is 19.1 Å². The fourth-order valence-corrected chi connectivity index (χ4v) is 1.65. The first-order chi connectivity index (χ1) is 8.52. The molecular weight excluding hydrogens is 242 g/mol. The topological polar surface area (TPSA) is 47.3 Å². The van der Waals surface area contributed by atoms with Gasteiger partial charge in [-0.25, -0.2) is 13.5 Å². The first-order valence-electron chi connectivity index (χ1n) is 5.29. The molecule has 0 bridgehead atoms. The van der Waals surface area contributed by atoms with E-state index in [0.29, 0.717) is 11.3 Å². The Morgan fingerprint density at radius 1 is 1.39 bits per heavy atom. The maximum atomic E-state index is 13.5. The van der Waals surface area contributed by atoms with Crippen LogP contribution in [-0.4, -0.2) is 14.9 Å². The fraction of sp³-hybridized carbons (Fsp3) is 0.250. The van der Waals surface area contributed by atoms with Crippen molar-refractivity contribution in [2.75, 3.05) is 0 Å². The summed E-state index contributed by atoms with van der Waals surface area (Å²) in [4.78, 5) is 0. The largest absolute Gasteiger partial charge is 0.436 e. The number of halogens is 2. The molecule has 0 saturated carbocycles. The number of hydrogen-bond acceptors (Lipinski definition) is 3. The molecule has 0 aliphatic rings. The zero-order chi connectivity index (χ0) is 13.3. The normalized spacial score (nSPS) is 10.7. The smallest absolute Gasteiger partial charge is 0.223 e. The highest BCUT2D eigenvalue weighted by Gasteiger charge is 2.16. The van der Waals surface area contributed by atoms with E-state index in [-0.39, 0.29) is 18.2 Å². The molecule has 0 radical (unpaired) electrons. The molecule has 18 heavy (non-hydrogen) atoms. The Morgan fingerprint density at radius 2 is 2.11 bits per heavy atom. The van der Waals surface area contributed by atoms with Crippen molar-refractivity contribution in [2.45, 2.75) is 13.5 Å². The summed E-state index contributed by atoms with van der Waals surface area (Å²) < 4.78 is 32.9. The first kappa shape index (κ1) is 12.5. The van der Waals surface area contributed by atoms with Crippen molar-refractivity contribution in [3.8, 4) is 11.6 Å². The molecule has 1 aromatic carbocycles. The minimum atomic E-state index is -0.808. The number of aryl methyl sites for hydroxylation is 2. The summed E-state index contributed by atoms with van der Waals surface area (Å²) in [5.74, 6) is -1.37. The molecule has 0 spiro atoms. The van der Waals surface area contributed by atoms with Crippen LogP contribution in [0.3, 0.4) is 0 Å². The Bertz CT molecular complexity index is 582. The number of rotatable bonds is 3. The minimum Gasteiger partial charge on any atom is -0.436 e. The van der Waals surface area contributed by atoms with Gasteiger partial charge in [-0.2, -0.15) is 5.10 Å². The molecule has 0 atom stereocenters. The molecule has 0 aliphatic heterocycles. The van der Waals surface area contributed by atoms with Crippen LogP contribution in [0.15, 0.2) is 18.2 Å². The molecule has 6 heteroatoms. The Hall–Kier alpha value is -1.95. The quantitative estimate of drug-likeness (QED) is 0.914. The standard InChI is InChI=1S/C12H12F2N2O2/c1-7-9(6-17)12(16(2)15-7)18-11-4-3-8(13)5-10(11)14/h3-5,17H,6H2,1-2H3. The lowest BCUT2D eigenvalue weighted by atomic mass is 10.2. The summed E-state index contributed by atoms with van der Waals surface area (Å²) in [7, 11) is 1.61. The maximum Gasteiger partial charge on any atom is 0.223 e. The maximum absolute atomic E-state index is 13.5. The predicted molar refractivity (Wildman–Crippen MR) is 60.3 cm³/mol. The second-order valence-corrected chi connectivity index (χ2v) is 3.83. The van der Waals surface area contributed by atoms with Crippen LogP contribution in [0.2, 0.25) is 0 Å². The molecule has 0 unspecified atom stereocenters. The van der Waals surface area contributed by atoms with E-state index in [1.54, 1.807) is 14.0 Å². The van der Waals surface area contributed by atoms with Gasteiger partial charge >= 0.3 is 0 Å². The third-order valence-corrected chi connectivity index (χ3v) is 2.55. The zero-order valence-electron chi connectivity index (χ0n) is 9.94. The first-order valence-corrected chi connectivity index (χ1v) is 5.29. The summed E-state index contributed by atoms with van der Waals surface area (Å²) in [6.07, 6.45) is 0. The van der Waals surface area contributed by atoms with E-state index in [0.717, 1.165) is 12.1 Å². The molecular formula is C12H12F2N2O2. The second kappa shape index (κ2) is 4.73. The van der Waals surface area contributed by atoms with Crippen molar-refractivity contribution in [3.05, 3.63) is 41.1 Å². The molecule has 0 saturated heterocycles. The van der Waals surface area contributed by atoms with Gasteiger partial charge in [-0.3, -0.25) is 0 Å². The summed E-state index contributed by atoms with van der Waals surface area (Å²) in [5.41, 5.74) is 1.07. The van der Waals surface area contributed by atoms with Gasteiger partial charge in [0.05, 0.1) is 17.9 Å². The van der Waals surface area contributed by atoms with Crippen LogP contribution >= 0.6 is 0 Å². The van der Waals surface area contributed by atoms with Gasteiger partial charge < -0.3 is 9.84 Å². The summed E-state index contributed by atoms with van der Waals surface area (Å²) in [5, 5.41) is 13.3. The Morgan fingerprint density at radius 3 is 2.72 bits per heavy atom. The number of aliphatic hydroxyl groups is 1. The van der Waals surface area contributed by atoms with Crippen LogP contribution in [-0.2, 0) is 13.7 Å². The molecule has 1 N–H and O–H groups in total. The van der Waals surface area contributed by atoms with Crippen LogP contribution in [0.5, 0.6) is 11.6 Å². The number of ether oxygens (including phenoxy) is 1. The average Bonchev–Trinajstić information content (AvgIpc) is 2.57. The SMILES string of the molecule is Cc1nn(C)c(Oc2ccc(F)cc2F)c1CO. The van der Waals surface area contributed by atoms with Crippen molar-refractivity contribution >= 4 is 0 Å². The number of benzene rings is 1. The fourth-order valence-electron chi connectivity index (χ4n) is 1.65. The van der Waals surface area contributed by atoms with Gasteiger partial charge in [-0.1, -0.05) is 0 Å². The lowest BCUT2D eigenvalue weighted by Crippen LogP contribution is -1.98. The van der Waals surface area contributed by atoms with Crippen molar-refractivity contribution in [3.63, 3.8) is 0 Å². The van der Waals surface area contributed by atoms with Gasteiger partial charge in [0.2, 0.25) is 5.88 Å². The van der Waals surface area contributed by atoms with Crippen molar-refractivity contribution < 1.29 is 18.6 Å². The molecule has 1 heterocycles. The van der Waals surface area contributed by atoms with Crippen LogP contribution in [0.25, 0.3) is 0 Å². The molecule has 1 aromatic heterocycles. The van der Waals surface area contributed by atoms with E-state index < -0.39 is 11.6 Å². The van der Waals surface area contributed by atoms with Crippen LogP contribution in [0.4, 0.5) is 8.78 Å². The predicted octanol–water partition coefficient (Wildman–Crippen LogP) is 2.29. The van der Waals surface area contributed by atoms with Gasteiger partial charge in [0.25, 0.3) is 0 Å². The summed E-state index contributed by atoms with van der Waals surface area (Å²) >= 11 is 0. The molecule has 96 valence electrons. The third kappa shape index (κ3) is 2.19. The van der Waals surface area contributed by atoms with Gasteiger partial charge in [-0.15, -0.1) is 0 Å². The molecule has 4 nitrogen and oxygen atoms in total. The van der Waals surface area contributed by atoms with Gasteiger partial charge in [0, 0.05) is 13.1 Å². The van der Waals surface area contributed by atoms with Gasteiger partial charge in [0.15, 0.2) is 11.6 Å². The van der Waals surface area contributed by atoms with E-state index in [2.05, 4.69) is 5.10 Å². The Labute approximate surface area is 102 Å². The van der Waals surface area contributed by atoms with E-state index >= 15 is 0 Å². The summed E-state index contributed by atoms with van der Waals surface area (Å²) in [6.45, 7) is 1.44. The van der Waals surface area contributed by atoms with Crippen molar-refractivity contribution in [1.82, 2.24) is 9.78 Å². The van der Waals surface area contributed by atoms with Crippen LogP contribution < -0.4 is 4.74 Å².